The Labute approximate surface area is 107 Å². The maximum atomic E-state index is 12.5. The summed E-state index contributed by atoms with van der Waals surface area (Å²) >= 11 is 1.63. The van der Waals surface area contributed by atoms with Crippen molar-refractivity contribution in [3.8, 4) is 0 Å². The Morgan fingerprint density at radius 2 is 2.28 bits per heavy atom. The predicted molar refractivity (Wildman–Crippen MR) is 64.6 cm³/mol. The lowest BCUT2D eigenvalue weighted by Gasteiger charge is -2.22. The maximum Gasteiger partial charge on any atom is 0.416 e. The summed E-state index contributed by atoms with van der Waals surface area (Å²) in [6, 6.07) is 1.87. The fourth-order valence-electron chi connectivity index (χ4n) is 1.69. The van der Waals surface area contributed by atoms with E-state index in [1.54, 1.807) is 11.8 Å². The quantitative estimate of drug-likeness (QED) is 0.891. The lowest BCUT2D eigenvalue weighted by molar-refractivity contribution is -0.137. The Kier molecular flexibility index (Phi) is 3.72. The van der Waals surface area contributed by atoms with E-state index in [1.165, 1.54) is 0 Å². The van der Waals surface area contributed by atoms with Gasteiger partial charge in [-0.25, -0.2) is 4.98 Å². The number of anilines is 1. The molecule has 1 saturated heterocycles. The van der Waals surface area contributed by atoms with Crippen molar-refractivity contribution in [2.45, 2.75) is 18.2 Å². The zero-order valence-corrected chi connectivity index (χ0v) is 10.3. The number of pyridine rings is 1. The van der Waals surface area contributed by atoms with E-state index in [4.69, 9.17) is 0 Å². The number of alkyl halides is 3. The van der Waals surface area contributed by atoms with Gasteiger partial charge in [0.1, 0.15) is 5.82 Å². The van der Waals surface area contributed by atoms with Crippen molar-refractivity contribution >= 4 is 17.6 Å². The number of rotatable bonds is 3. The van der Waals surface area contributed by atoms with E-state index in [-0.39, 0.29) is 12.4 Å². The van der Waals surface area contributed by atoms with Crippen LogP contribution in [0.2, 0.25) is 0 Å². The molecule has 0 aliphatic carbocycles. The van der Waals surface area contributed by atoms with Crippen molar-refractivity contribution < 1.29 is 18.3 Å². The van der Waals surface area contributed by atoms with Crippen molar-refractivity contribution in [3.05, 3.63) is 23.9 Å². The Balaban J connectivity index is 2.01. The lowest BCUT2D eigenvalue weighted by atomic mass is 10.0. The number of hydrogen-bond acceptors (Lipinski definition) is 4. The standard InChI is InChI=1S/C11H13F3N2OS/c12-11(13,14)8-1-3-15-9(5-8)16-6-10(17)2-4-18-7-10/h1,3,5,17H,2,4,6-7H2,(H,15,16). The molecule has 1 fully saturated rings. The highest BCUT2D eigenvalue weighted by atomic mass is 32.2. The number of hydrogen-bond donors (Lipinski definition) is 2. The number of nitrogens with zero attached hydrogens (tertiary/aromatic N) is 1. The van der Waals surface area contributed by atoms with Crippen LogP contribution in [0.15, 0.2) is 18.3 Å². The van der Waals surface area contributed by atoms with E-state index >= 15 is 0 Å². The molecule has 18 heavy (non-hydrogen) atoms. The molecule has 1 atom stereocenters. The van der Waals surface area contributed by atoms with Gasteiger partial charge >= 0.3 is 6.18 Å². The molecule has 2 N–H and O–H groups in total. The first-order valence-electron chi connectivity index (χ1n) is 5.46. The first kappa shape index (κ1) is 13.5. The SMILES string of the molecule is OC1(CNc2cc(C(F)(F)F)ccn2)CCSC1. The summed E-state index contributed by atoms with van der Waals surface area (Å²) in [6.07, 6.45) is -2.62. The van der Waals surface area contributed by atoms with E-state index in [1.807, 2.05) is 0 Å². The molecule has 0 spiro atoms. The largest absolute Gasteiger partial charge is 0.416 e. The zero-order valence-electron chi connectivity index (χ0n) is 9.50. The topological polar surface area (TPSA) is 45.1 Å². The van der Waals surface area contributed by atoms with Crippen LogP contribution < -0.4 is 5.32 Å². The van der Waals surface area contributed by atoms with Crippen LogP contribution in [-0.4, -0.2) is 33.7 Å². The first-order valence-corrected chi connectivity index (χ1v) is 6.62. The summed E-state index contributed by atoms with van der Waals surface area (Å²) < 4.78 is 37.4. The number of aliphatic hydroxyl groups is 1. The van der Waals surface area contributed by atoms with Crippen LogP contribution in [0.25, 0.3) is 0 Å². The molecule has 3 nitrogen and oxygen atoms in total. The Bertz CT molecular complexity index is 419. The minimum atomic E-state index is -4.38. The molecule has 0 radical (unpaired) electrons. The van der Waals surface area contributed by atoms with E-state index < -0.39 is 17.3 Å². The third-order valence-corrected chi connectivity index (χ3v) is 4.00. The Morgan fingerprint density at radius 1 is 1.50 bits per heavy atom. The smallest absolute Gasteiger partial charge is 0.387 e. The molecular weight excluding hydrogens is 265 g/mol. The number of thioether (sulfide) groups is 1. The molecule has 7 heteroatoms. The molecule has 0 saturated carbocycles. The van der Waals surface area contributed by atoms with Gasteiger partial charge in [-0.2, -0.15) is 24.9 Å². The maximum absolute atomic E-state index is 12.5. The summed E-state index contributed by atoms with van der Waals surface area (Å²) in [5.41, 5.74) is -1.59. The Morgan fingerprint density at radius 3 is 2.89 bits per heavy atom. The van der Waals surface area contributed by atoms with E-state index in [2.05, 4.69) is 10.3 Å². The minimum absolute atomic E-state index is 0.134. The molecule has 1 aliphatic heterocycles. The van der Waals surface area contributed by atoms with Gasteiger partial charge < -0.3 is 10.4 Å². The van der Waals surface area contributed by atoms with Gasteiger partial charge in [-0.15, -0.1) is 0 Å². The first-order chi connectivity index (χ1) is 8.39. The van der Waals surface area contributed by atoms with Crippen LogP contribution in [0, 0.1) is 0 Å². The third-order valence-electron chi connectivity index (χ3n) is 2.77. The lowest BCUT2D eigenvalue weighted by Crippen LogP contribution is -2.36. The molecule has 1 unspecified atom stereocenters. The number of nitrogens with one attached hydrogen (secondary N) is 1. The summed E-state index contributed by atoms with van der Waals surface area (Å²) in [6.45, 7) is 0.217. The van der Waals surface area contributed by atoms with Gasteiger partial charge in [-0.3, -0.25) is 0 Å². The molecule has 2 heterocycles. The second kappa shape index (κ2) is 4.97. The highest BCUT2D eigenvalue weighted by molar-refractivity contribution is 7.99. The molecule has 0 aromatic carbocycles. The summed E-state index contributed by atoms with van der Waals surface area (Å²) in [4.78, 5) is 3.82. The van der Waals surface area contributed by atoms with E-state index in [9.17, 15) is 18.3 Å². The van der Waals surface area contributed by atoms with Crippen molar-refractivity contribution in [1.29, 1.82) is 0 Å². The molecule has 0 amide bonds. The van der Waals surface area contributed by atoms with Crippen molar-refractivity contribution in [2.24, 2.45) is 0 Å². The van der Waals surface area contributed by atoms with Crippen LogP contribution in [0.4, 0.5) is 19.0 Å². The van der Waals surface area contributed by atoms with Crippen LogP contribution in [0.3, 0.4) is 0 Å². The van der Waals surface area contributed by atoms with Gasteiger partial charge in [0.05, 0.1) is 11.2 Å². The van der Waals surface area contributed by atoms with Gasteiger partial charge in [0.2, 0.25) is 0 Å². The molecular formula is C11H13F3N2OS. The molecule has 100 valence electrons. The highest BCUT2D eigenvalue weighted by Crippen LogP contribution is 2.31. The highest BCUT2D eigenvalue weighted by Gasteiger charge is 2.33. The minimum Gasteiger partial charge on any atom is -0.387 e. The number of aromatic nitrogens is 1. The molecule has 1 aromatic rings. The Hall–Kier alpha value is -0.950. The zero-order chi connectivity index (χ0) is 13.2. The fraction of sp³-hybridized carbons (Fsp3) is 0.545. The molecule has 2 rings (SSSR count). The second-order valence-corrected chi connectivity index (χ2v) is 5.41. The summed E-state index contributed by atoms with van der Waals surface area (Å²) in [5.74, 6) is 1.60. The average Bonchev–Trinajstić information content (AvgIpc) is 2.74. The van der Waals surface area contributed by atoms with Crippen molar-refractivity contribution in [3.63, 3.8) is 0 Å². The predicted octanol–water partition coefficient (Wildman–Crippen LogP) is 2.38. The van der Waals surface area contributed by atoms with Gasteiger partial charge in [0.15, 0.2) is 0 Å². The van der Waals surface area contributed by atoms with Gasteiger partial charge in [-0.05, 0) is 24.3 Å². The van der Waals surface area contributed by atoms with E-state index in [0.717, 1.165) is 24.1 Å². The fourth-order valence-corrected chi connectivity index (χ4v) is 2.99. The van der Waals surface area contributed by atoms with Gasteiger partial charge in [-0.1, -0.05) is 0 Å². The molecule has 0 bridgehead atoms. The van der Waals surface area contributed by atoms with Crippen molar-refractivity contribution in [2.75, 3.05) is 23.4 Å². The molecule has 1 aromatic heterocycles. The molecule has 1 aliphatic rings. The average molecular weight is 278 g/mol. The number of halogens is 3. The van der Waals surface area contributed by atoms with Crippen LogP contribution >= 0.6 is 11.8 Å². The monoisotopic (exact) mass is 278 g/mol. The third kappa shape index (κ3) is 3.29. The normalized spacial score (nSPS) is 24.2. The van der Waals surface area contributed by atoms with Gasteiger partial charge in [0, 0.05) is 18.5 Å². The summed E-state index contributed by atoms with van der Waals surface area (Å²) in [5, 5.41) is 12.8. The van der Waals surface area contributed by atoms with Gasteiger partial charge in [0.25, 0.3) is 0 Å². The van der Waals surface area contributed by atoms with Crippen LogP contribution in [0.1, 0.15) is 12.0 Å². The second-order valence-electron chi connectivity index (χ2n) is 4.31. The van der Waals surface area contributed by atoms with E-state index in [0.29, 0.717) is 12.2 Å². The van der Waals surface area contributed by atoms with Crippen molar-refractivity contribution in [1.82, 2.24) is 4.98 Å². The van der Waals surface area contributed by atoms with Crippen LogP contribution in [-0.2, 0) is 6.18 Å². The van der Waals surface area contributed by atoms with Crippen LogP contribution in [0.5, 0.6) is 0 Å². The summed E-state index contributed by atoms with van der Waals surface area (Å²) in [7, 11) is 0.